The van der Waals surface area contributed by atoms with Crippen molar-refractivity contribution in [2.75, 3.05) is 52.1 Å². The number of thioether (sulfide) groups is 1. The predicted octanol–water partition coefficient (Wildman–Crippen LogP) is 0.738. The van der Waals surface area contributed by atoms with Crippen LogP contribution in [0.4, 0.5) is 0 Å². The molecule has 15 heavy (non-hydrogen) atoms. The Morgan fingerprint density at radius 1 is 1.13 bits per heavy atom. The molecular weight excluding hydrogens is 208 g/mol. The van der Waals surface area contributed by atoms with E-state index in [1.165, 1.54) is 26.1 Å². The topological polar surface area (TPSA) is 26.7 Å². The molecule has 1 saturated heterocycles. The van der Waals surface area contributed by atoms with Crippen LogP contribution >= 0.6 is 11.8 Å². The first-order chi connectivity index (χ1) is 7.26. The van der Waals surface area contributed by atoms with Crippen LogP contribution in [0, 0.1) is 0 Å². The van der Waals surface area contributed by atoms with Gasteiger partial charge in [0.05, 0.1) is 6.61 Å². The van der Waals surface area contributed by atoms with Crippen molar-refractivity contribution in [2.45, 2.75) is 18.6 Å². The highest BCUT2D eigenvalue weighted by atomic mass is 32.2. The van der Waals surface area contributed by atoms with Crippen LogP contribution < -0.4 is 0 Å². The van der Waals surface area contributed by atoms with Gasteiger partial charge in [0.25, 0.3) is 0 Å². The van der Waals surface area contributed by atoms with Crippen LogP contribution in [0.5, 0.6) is 0 Å². The average molecular weight is 232 g/mol. The summed E-state index contributed by atoms with van der Waals surface area (Å²) in [6, 6.07) is 0. The summed E-state index contributed by atoms with van der Waals surface area (Å²) >= 11 is 1.95. The Bertz CT molecular complexity index is 161. The molecule has 1 unspecified atom stereocenters. The Labute approximate surface area is 97.8 Å². The van der Waals surface area contributed by atoms with Gasteiger partial charge in [0.2, 0.25) is 0 Å². The lowest BCUT2D eigenvalue weighted by Gasteiger charge is -2.34. The normalized spacial score (nSPS) is 21.8. The van der Waals surface area contributed by atoms with Crippen molar-refractivity contribution >= 4 is 11.8 Å². The summed E-state index contributed by atoms with van der Waals surface area (Å²) in [5, 5.41) is 9.61. The maximum Gasteiger partial charge on any atom is 0.0558 e. The molecule has 1 rings (SSSR count). The average Bonchev–Trinajstić information content (AvgIpc) is 2.28. The first kappa shape index (κ1) is 13.3. The Hall–Kier alpha value is 0.230. The molecule has 1 aliphatic heterocycles. The molecular formula is C11H24N2OS. The smallest absolute Gasteiger partial charge is 0.0558 e. The monoisotopic (exact) mass is 232 g/mol. The zero-order valence-corrected chi connectivity index (χ0v) is 10.8. The van der Waals surface area contributed by atoms with Gasteiger partial charge in [0.15, 0.2) is 0 Å². The lowest BCUT2D eigenvalue weighted by atomic mass is 10.2. The van der Waals surface area contributed by atoms with Gasteiger partial charge in [-0.05, 0) is 19.2 Å². The molecule has 1 atom stereocenters. The zero-order chi connectivity index (χ0) is 11.1. The maximum atomic E-state index is 8.83. The van der Waals surface area contributed by atoms with Crippen molar-refractivity contribution in [1.82, 2.24) is 9.80 Å². The number of nitrogens with zero attached hydrogens (tertiary/aromatic N) is 2. The molecule has 0 amide bonds. The maximum absolute atomic E-state index is 8.83. The second kappa shape index (κ2) is 7.49. The summed E-state index contributed by atoms with van der Waals surface area (Å²) in [6.07, 6.45) is 3.48. The minimum Gasteiger partial charge on any atom is -0.395 e. The number of rotatable bonds is 6. The molecule has 0 radical (unpaired) electrons. The van der Waals surface area contributed by atoms with E-state index in [2.05, 4.69) is 23.0 Å². The van der Waals surface area contributed by atoms with Gasteiger partial charge < -0.3 is 10.0 Å². The number of aliphatic hydroxyl groups excluding tert-OH is 1. The highest BCUT2D eigenvalue weighted by molar-refractivity contribution is 7.99. The first-order valence-corrected chi connectivity index (χ1v) is 7.13. The van der Waals surface area contributed by atoms with Crippen molar-refractivity contribution in [3.05, 3.63) is 0 Å². The van der Waals surface area contributed by atoms with Crippen LogP contribution in [0.2, 0.25) is 0 Å². The van der Waals surface area contributed by atoms with Crippen molar-refractivity contribution in [1.29, 1.82) is 0 Å². The number of hydrogen-bond acceptors (Lipinski definition) is 4. The molecule has 0 bridgehead atoms. The molecule has 90 valence electrons. The fourth-order valence-corrected chi connectivity index (χ4v) is 2.20. The van der Waals surface area contributed by atoms with Gasteiger partial charge in [-0.3, -0.25) is 4.90 Å². The van der Waals surface area contributed by atoms with Gasteiger partial charge >= 0.3 is 0 Å². The Morgan fingerprint density at radius 3 is 2.13 bits per heavy atom. The summed E-state index contributed by atoms with van der Waals surface area (Å²) in [5.74, 6) is 0. The van der Waals surface area contributed by atoms with E-state index in [1.54, 1.807) is 0 Å². The van der Waals surface area contributed by atoms with Gasteiger partial charge in [0.1, 0.15) is 0 Å². The number of piperazine rings is 1. The lowest BCUT2D eigenvalue weighted by molar-refractivity contribution is 0.112. The van der Waals surface area contributed by atoms with E-state index in [-0.39, 0.29) is 0 Å². The standard InChI is InChI=1S/C11H24N2OS/c1-11(15-2)3-4-12-5-7-13(8-6-12)9-10-14/h11,14H,3-10H2,1-2H3. The third-order valence-corrected chi connectivity index (χ3v) is 4.18. The number of hydrogen-bond donors (Lipinski definition) is 1. The molecule has 0 aromatic rings. The van der Waals surface area contributed by atoms with Gasteiger partial charge in [-0.15, -0.1) is 0 Å². The number of aliphatic hydroxyl groups is 1. The summed E-state index contributed by atoms with van der Waals surface area (Å²) in [4.78, 5) is 4.88. The van der Waals surface area contributed by atoms with Crippen molar-refractivity contribution in [3.8, 4) is 0 Å². The highest BCUT2D eigenvalue weighted by Gasteiger charge is 2.16. The molecule has 1 N–H and O–H groups in total. The summed E-state index contributed by atoms with van der Waals surface area (Å²) in [6.45, 7) is 9.24. The lowest BCUT2D eigenvalue weighted by Crippen LogP contribution is -2.47. The van der Waals surface area contributed by atoms with E-state index < -0.39 is 0 Å². The predicted molar refractivity (Wildman–Crippen MR) is 67.6 cm³/mol. The van der Waals surface area contributed by atoms with E-state index >= 15 is 0 Å². The van der Waals surface area contributed by atoms with Gasteiger partial charge in [-0.2, -0.15) is 11.8 Å². The van der Waals surface area contributed by atoms with E-state index in [4.69, 9.17) is 5.11 Å². The van der Waals surface area contributed by atoms with Crippen LogP contribution in [-0.4, -0.2) is 72.3 Å². The first-order valence-electron chi connectivity index (χ1n) is 5.84. The van der Waals surface area contributed by atoms with Crippen molar-refractivity contribution in [2.24, 2.45) is 0 Å². The Morgan fingerprint density at radius 2 is 1.67 bits per heavy atom. The van der Waals surface area contributed by atoms with Gasteiger partial charge in [-0.25, -0.2) is 0 Å². The van der Waals surface area contributed by atoms with E-state index in [0.29, 0.717) is 6.61 Å². The molecule has 0 aliphatic carbocycles. The van der Waals surface area contributed by atoms with Crippen LogP contribution in [0.15, 0.2) is 0 Å². The van der Waals surface area contributed by atoms with Crippen molar-refractivity contribution < 1.29 is 5.11 Å². The fraction of sp³-hybridized carbons (Fsp3) is 1.00. The molecule has 0 spiro atoms. The molecule has 0 aromatic heterocycles. The SMILES string of the molecule is CSC(C)CCN1CCN(CCO)CC1. The molecule has 1 aliphatic rings. The third-order valence-electron chi connectivity index (χ3n) is 3.14. The second-order valence-electron chi connectivity index (χ2n) is 4.24. The van der Waals surface area contributed by atoms with Gasteiger partial charge in [0, 0.05) is 38.0 Å². The second-order valence-corrected chi connectivity index (χ2v) is 5.52. The number of β-amino-alcohol motifs (C(OH)–C–C–N with tert-alkyl or cyclic N) is 1. The van der Waals surface area contributed by atoms with Crippen molar-refractivity contribution in [3.63, 3.8) is 0 Å². The molecule has 0 aromatic carbocycles. The quantitative estimate of drug-likeness (QED) is 0.731. The fourth-order valence-electron chi connectivity index (χ4n) is 1.86. The van der Waals surface area contributed by atoms with Crippen LogP contribution in [-0.2, 0) is 0 Å². The molecule has 1 heterocycles. The minimum absolute atomic E-state index is 0.295. The van der Waals surface area contributed by atoms with E-state index in [0.717, 1.165) is 24.9 Å². The van der Waals surface area contributed by atoms with Crippen LogP contribution in [0.1, 0.15) is 13.3 Å². The molecule has 4 heteroatoms. The molecule has 3 nitrogen and oxygen atoms in total. The van der Waals surface area contributed by atoms with E-state index in [9.17, 15) is 0 Å². The van der Waals surface area contributed by atoms with Crippen LogP contribution in [0.25, 0.3) is 0 Å². The molecule has 0 saturated carbocycles. The zero-order valence-electron chi connectivity index (χ0n) is 9.98. The van der Waals surface area contributed by atoms with Crippen LogP contribution in [0.3, 0.4) is 0 Å². The van der Waals surface area contributed by atoms with E-state index in [1.807, 2.05) is 11.8 Å². The van der Waals surface area contributed by atoms with Gasteiger partial charge in [-0.1, -0.05) is 6.92 Å². The summed E-state index contributed by atoms with van der Waals surface area (Å²) < 4.78 is 0. The minimum atomic E-state index is 0.295. The summed E-state index contributed by atoms with van der Waals surface area (Å²) in [5.41, 5.74) is 0. The Kier molecular flexibility index (Phi) is 6.64. The Balaban J connectivity index is 2.09. The highest BCUT2D eigenvalue weighted by Crippen LogP contribution is 2.11. The largest absolute Gasteiger partial charge is 0.395 e. The summed E-state index contributed by atoms with van der Waals surface area (Å²) in [7, 11) is 0. The molecule has 1 fully saturated rings. The third kappa shape index (κ3) is 5.20.